The van der Waals surface area contributed by atoms with E-state index in [9.17, 15) is 4.79 Å². The van der Waals surface area contributed by atoms with Crippen LogP contribution in [-0.4, -0.2) is 27.7 Å². The molecule has 2 aromatic heterocycles. The number of aromatic nitrogens is 2. The average Bonchev–Trinajstić information content (AvgIpc) is 3.43. The Kier molecular flexibility index (Phi) is 6.85. The Balaban J connectivity index is 1.79. The largest absolute Gasteiger partial charge is 0.494 e. The molecule has 0 bridgehead atoms. The van der Waals surface area contributed by atoms with E-state index in [4.69, 9.17) is 17.0 Å². The molecule has 2 N–H and O–H groups in total. The van der Waals surface area contributed by atoms with Gasteiger partial charge in [0.05, 0.1) is 24.5 Å². The number of nitrogens with zero attached hydrogens (tertiary/aromatic N) is 3. The Morgan fingerprint density at radius 3 is 2.57 bits per heavy atom. The van der Waals surface area contributed by atoms with Gasteiger partial charge in [-0.15, -0.1) is 0 Å². The molecule has 184 valence electrons. The van der Waals surface area contributed by atoms with E-state index in [-0.39, 0.29) is 24.0 Å². The number of carbonyl (C=O) groups excluding carboxylic acids is 1. The molecule has 0 radical (unpaired) electrons. The van der Waals surface area contributed by atoms with Crippen LogP contribution in [0.5, 0.6) is 5.75 Å². The molecule has 3 heterocycles. The van der Waals surface area contributed by atoms with E-state index in [1.807, 2.05) is 57.2 Å². The number of nitrogens with one attached hydrogen (secondary N) is 2. The second-order valence-electron chi connectivity index (χ2n) is 10.0. The number of methoxy groups -OCH3 is 1. The highest BCUT2D eigenvalue weighted by atomic mass is 32.1. The zero-order chi connectivity index (χ0) is 25.3. The predicted molar refractivity (Wildman–Crippen MR) is 144 cm³/mol. The minimum Gasteiger partial charge on any atom is -0.494 e. The van der Waals surface area contributed by atoms with Gasteiger partial charge in [-0.1, -0.05) is 26.8 Å². The summed E-state index contributed by atoms with van der Waals surface area (Å²) in [6.45, 7) is 9.97. The van der Waals surface area contributed by atoms with Crippen molar-refractivity contribution in [1.82, 2.24) is 14.9 Å². The van der Waals surface area contributed by atoms with Crippen molar-refractivity contribution in [1.29, 1.82) is 0 Å². The van der Waals surface area contributed by atoms with Gasteiger partial charge in [-0.25, -0.2) is 0 Å². The normalized spacial score (nSPS) is 18.0. The van der Waals surface area contributed by atoms with Gasteiger partial charge >= 0.3 is 0 Å². The molecule has 35 heavy (non-hydrogen) atoms. The fourth-order valence-electron chi connectivity index (χ4n) is 4.30. The Morgan fingerprint density at radius 1 is 1.17 bits per heavy atom. The van der Waals surface area contributed by atoms with Crippen molar-refractivity contribution in [3.05, 3.63) is 72.3 Å². The lowest BCUT2D eigenvalue weighted by molar-refractivity contribution is -0.123. The molecular weight excluding hydrogens is 458 g/mol. The summed E-state index contributed by atoms with van der Waals surface area (Å²) in [6.07, 6.45) is 3.90. The monoisotopic (exact) mass is 491 g/mol. The molecule has 0 saturated carbocycles. The van der Waals surface area contributed by atoms with Gasteiger partial charge in [0.25, 0.3) is 0 Å². The third-order valence-electron chi connectivity index (χ3n) is 6.16. The highest BCUT2D eigenvalue weighted by Gasteiger charge is 2.42. The van der Waals surface area contributed by atoms with Crippen molar-refractivity contribution >= 4 is 34.6 Å². The summed E-state index contributed by atoms with van der Waals surface area (Å²) in [7, 11) is 1.60. The van der Waals surface area contributed by atoms with E-state index in [1.54, 1.807) is 13.3 Å². The molecule has 2 atom stereocenters. The van der Waals surface area contributed by atoms with Crippen LogP contribution in [0.4, 0.5) is 11.4 Å². The zero-order valence-corrected chi connectivity index (χ0v) is 21.9. The summed E-state index contributed by atoms with van der Waals surface area (Å²) in [4.78, 5) is 19.3. The van der Waals surface area contributed by atoms with Crippen LogP contribution in [0.25, 0.3) is 0 Å². The first-order valence-corrected chi connectivity index (χ1v) is 12.2. The summed E-state index contributed by atoms with van der Waals surface area (Å²) in [5.74, 6) is 0.493. The van der Waals surface area contributed by atoms with Crippen molar-refractivity contribution in [3.63, 3.8) is 0 Å². The van der Waals surface area contributed by atoms with E-state index < -0.39 is 5.41 Å². The summed E-state index contributed by atoms with van der Waals surface area (Å²) in [6, 6.07) is 15.9. The molecule has 0 aliphatic carbocycles. The lowest BCUT2D eigenvalue weighted by Crippen LogP contribution is -2.31. The number of hydrogen-bond acceptors (Lipinski definition) is 4. The second-order valence-corrected chi connectivity index (χ2v) is 10.4. The van der Waals surface area contributed by atoms with Gasteiger partial charge in [0, 0.05) is 41.3 Å². The number of pyridine rings is 1. The molecule has 1 amide bonds. The standard InChI is InChI=1S/C27H33N5O2S/c1-17(2)31-15-9-11-21(31)24-23(20-10-7-8-14-28-20)30-26(35)32(24)18-12-13-19(22(16-18)34-6)29-25(33)27(3,4)5/h7-17,23-24H,1-6H3,(H,29,33)(H,30,35)/t23-,24+/m0/s1. The molecular formula is C27H33N5O2S. The molecule has 4 rings (SSSR count). The van der Waals surface area contributed by atoms with Crippen molar-refractivity contribution in [2.45, 2.75) is 52.7 Å². The number of ether oxygens (including phenoxy) is 1. The average molecular weight is 492 g/mol. The fourth-order valence-corrected chi connectivity index (χ4v) is 4.65. The Hall–Kier alpha value is -3.39. The molecule has 1 aliphatic rings. The first kappa shape index (κ1) is 24.7. The first-order chi connectivity index (χ1) is 16.6. The SMILES string of the molecule is COc1cc(N2C(=S)N[C@@H](c3ccccn3)[C@H]2c2cccn2C(C)C)ccc1NC(=O)C(C)(C)C. The smallest absolute Gasteiger partial charge is 0.229 e. The summed E-state index contributed by atoms with van der Waals surface area (Å²) < 4.78 is 7.93. The second kappa shape index (κ2) is 9.70. The molecule has 0 unspecified atom stereocenters. The van der Waals surface area contributed by atoms with Crippen LogP contribution < -0.4 is 20.3 Å². The molecule has 7 nitrogen and oxygen atoms in total. The van der Waals surface area contributed by atoms with Crippen LogP contribution in [0.3, 0.4) is 0 Å². The van der Waals surface area contributed by atoms with Crippen molar-refractivity contribution < 1.29 is 9.53 Å². The van der Waals surface area contributed by atoms with Crippen LogP contribution in [0, 0.1) is 5.41 Å². The van der Waals surface area contributed by atoms with E-state index in [0.717, 1.165) is 17.1 Å². The number of thiocarbonyl (C=S) groups is 1. The van der Waals surface area contributed by atoms with Gasteiger partial charge in [0.15, 0.2) is 5.11 Å². The van der Waals surface area contributed by atoms with Gasteiger partial charge in [-0.2, -0.15) is 0 Å². The van der Waals surface area contributed by atoms with E-state index in [1.165, 1.54) is 0 Å². The third-order valence-corrected chi connectivity index (χ3v) is 6.48. The van der Waals surface area contributed by atoms with Gasteiger partial charge in [0.1, 0.15) is 11.8 Å². The molecule has 1 fully saturated rings. The predicted octanol–water partition coefficient (Wildman–Crippen LogP) is 5.63. The van der Waals surface area contributed by atoms with Gasteiger partial charge in [0.2, 0.25) is 5.91 Å². The van der Waals surface area contributed by atoms with Gasteiger partial charge < -0.3 is 24.8 Å². The lowest BCUT2D eigenvalue weighted by atomic mass is 9.95. The van der Waals surface area contributed by atoms with Crippen molar-refractivity contribution in [3.8, 4) is 5.75 Å². The van der Waals surface area contributed by atoms with Crippen LogP contribution in [0.15, 0.2) is 60.9 Å². The van der Waals surface area contributed by atoms with E-state index >= 15 is 0 Å². The highest BCUT2D eigenvalue weighted by Crippen LogP contribution is 2.44. The Labute approximate surface area is 212 Å². The number of amides is 1. The van der Waals surface area contributed by atoms with Gasteiger partial charge in [-0.3, -0.25) is 9.78 Å². The Morgan fingerprint density at radius 2 is 1.94 bits per heavy atom. The number of rotatable bonds is 6. The maximum Gasteiger partial charge on any atom is 0.229 e. The van der Waals surface area contributed by atoms with Gasteiger partial charge in [-0.05, 0) is 62.5 Å². The zero-order valence-electron chi connectivity index (χ0n) is 21.1. The lowest BCUT2D eigenvalue weighted by Gasteiger charge is -2.30. The van der Waals surface area contributed by atoms with Crippen molar-refractivity contribution in [2.24, 2.45) is 5.41 Å². The quantitative estimate of drug-likeness (QED) is 0.435. The maximum atomic E-state index is 12.6. The van der Waals surface area contributed by atoms with Crippen LogP contribution >= 0.6 is 12.2 Å². The molecule has 1 saturated heterocycles. The molecule has 1 aromatic carbocycles. The molecule has 1 aliphatic heterocycles. The van der Waals surface area contributed by atoms with Crippen LogP contribution in [-0.2, 0) is 4.79 Å². The Bertz CT molecular complexity index is 1220. The minimum atomic E-state index is -0.520. The first-order valence-electron chi connectivity index (χ1n) is 11.8. The topological polar surface area (TPSA) is 71.4 Å². The van der Waals surface area contributed by atoms with Crippen molar-refractivity contribution in [2.75, 3.05) is 17.3 Å². The summed E-state index contributed by atoms with van der Waals surface area (Å²) >= 11 is 5.86. The minimum absolute atomic E-state index is 0.0789. The summed E-state index contributed by atoms with van der Waals surface area (Å²) in [5, 5.41) is 7.09. The third kappa shape index (κ3) is 4.89. The maximum absolute atomic E-state index is 12.6. The van der Waals surface area contributed by atoms with E-state index in [0.29, 0.717) is 16.5 Å². The van der Waals surface area contributed by atoms with Crippen LogP contribution in [0.1, 0.15) is 64.1 Å². The number of carbonyl (C=O) groups is 1. The molecule has 0 spiro atoms. The summed E-state index contributed by atoms with van der Waals surface area (Å²) in [5.41, 5.74) is 3.02. The number of anilines is 2. The van der Waals surface area contributed by atoms with E-state index in [2.05, 4.69) is 57.3 Å². The number of benzene rings is 1. The molecule has 3 aromatic rings. The number of hydrogen-bond donors (Lipinski definition) is 2. The fraction of sp³-hybridized carbons (Fsp3) is 0.370. The molecule has 8 heteroatoms. The van der Waals surface area contributed by atoms with Crippen LogP contribution in [0.2, 0.25) is 0 Å². The highest BCUT2D eigenvalue weighted by molar-refractivity contribution is 7.80.